The van der Waals surface area contributed by atoms with E-state index in [4.69, 9.17) is 4.42 Å². The zero-order valence-electron chi connectivity index (χ0n) is 12.7. The maximum absolute atomic E-state index is 12.9. The molecule has 1 amide bonds. The lowest BCUT2D eigenvalue weighted by Crippen LogP contribution is -2.27. The van der Waals surface area contributed by atoms with Crippen molar-refractivity contribution in [1.29, 1.82) is 0 Å². The molecule has 1 N–H and O–H groups in total. The number of carbonyl (C=O) groups excluding carboxylic acids is 1. The molecule has 0 atom stereocenters. The van der Waals surface area contributed by atoms with Crippen molar-refractivity contribution in [2.75, 3.05) is 0 Å². The van der Waals surface area contributed by atoms with Crippen molar-refractivity contribution in [2.45, 2.75) is 12.7 Å². The van der Waals surface area contributed by atoms with E-state index in [0.717, 1.165) is 23.9 Å². The Kier molecular flexibility index (Phi) is 4.51. The third-order valence-corrected chi connectivity index (χ3v) is 3.34. The maximum Gasteiger partial charge on any atom is 0.418 e. The van der Waals surface area contributed by atoms with E-state index in [1.165, 1.54) is 6.20 Å². The number of amides is 1. The Hall–Kier alpha value is -3.16. The fraction of sp³-hybridized carbons (Fsp3) is 0.118. The fourth-order valence-corrected chi connectivity index (χ4v) is 2.18. The Bertz CT molecular complexity index is 876. The highest BCUT2D eigenvalue weighted by Crippen LogP contribution is 2.30. The number of hydrogen-bond donors (Lipinski definition) is 1. The van der Waals surface area contributed by atoms with Gasteiger partial charge in [-0.25, -0.2) is 4.98 Å². The molecule has 0 saturated heterocycles. The van der Waals surface area contributed by atoms with Gasteiger partial charge in [0, 0.05) is 11.8 Å². The second-order valence-electron chi connectivity index (χ2n) is 5.06. The summed E-state index contributed by atoms with van der Waals surface area (Å²) in [4.78, 5) is 19.6. The highest BCUT2D eigenvalue weighted by atomic mass is 19.4. The Morgan fingerprint density at radius 1 is 1.08 bits per heavy atom. The zero-order chi connectivity index (χ0) is 17.9. The molecule has 0 radical (unpaired) electrons. The average Bonchev–Trinajstić information content (AvgIpc) is 3.09. The maximum atomic E-state index is 12.9. The van der Waals surface area contributed by atoms with Gasteiger partial charge in [0.2, 0.25) is 5.89 Å². The third kappa shape index (κ3) is 3.85. The van der Waals surface area contributed by atoms with Gasteiger partial charge in [-0.1, -0.05) is 30.3 Å². The number of rotatable bonds is 4. The first-order valence-electron chi connectivity index (χ1n) is 7.25. The van der Waals surface area contributed by atoms with Gasteiger partial charge in [-0.05, 0) is 12.1 Å². The lowest BCUT2D eigenvalue weighted by atomic mass is 10.2. The number of benzene rings is 1. The Morgan fingerprint density at radius 3 is 2.56 bits per heavy atom. The lowest BCUT2D eigenvalue weighted by Gasteiger charge is -2.10. The molecule has 2 aromatic heterocycles. The minimum absolute atomic E-state index is 0.153. The molecular formula is C17H12F3N3O2. The molecule has 0 saturated carbocycles. The molecule has 5 nitrogen and oxygen atoms in total. The summed E-state index contributed by atoms with van der Waals surface area (Å²) in [5, 5.41) is 2.33. The van der Waals surface area contributed by atoms with Crippen LogP contribution in [0.15, 0.2) is 59.3 Å². The van der Waals surface area contributed by atoms with Crippen molar-refractivity contribution >= 4 is 5.91 Å². The first-order valence-corrected chi connectivity index (χ1v) is 7.25. The predicted molar refractivity (Wildman–Crippen MR) is 82.3 cm³/mol. The number of carbonyl (C=O) groups is 1. The summed E-state index contributed by atoms with van der Waals surface area (Å²) < 4.78 is 44.2. The SMILES string of the molecule is O=C(NCc1ncc(-c2ccccc2)o1)c1ncccc1C(F)(F)F. The third-order valence-electron chi connectivity index (χ3n) is 3.34. The molecule has 0 aliphatic rings. The standard InChI is InChI=1S/C17H12F3N3O2/c18-17(19,20)12-7-4-8-21-15(12)16(24)23-10-14-22-9-13(25-14)11-5-2-1-3-6-11/h1-9H,10H2,(H,23,24). The highest BCUT2D eigenvalue weighted by Gasteiger charge is 2.35. The van der Waals surface area contributed by atoms with Crippen molar-refractivity contribution < 1.29 is 22.4 Å². The summed E-state index contributed by atoms with van der Waals surface area (Å²) in [7, 11) is 0. The number of pyridine rings is 1. The lowest BCUT2D eigenvalue weighted by molar-refractivity contribution is -0.138. The summed E-state index contributed by atoms with van der Waals surface area (Å²) in [5.41, 5.74) is -0.980. The summed E-state index contributed by atoms with van der Waals surface area (Å²) >= 11 is 0. The molecule has 25 heavy (non-hydrogen) atoms. The van der Waals surface area contributed by atoms with Crippen LogP contribution in [-0.4, -0.2) is 15.9 Å². The number of nitrogens with one attached hydrogen (secondary N) is 1. The molecule has 128 valence electrons. The number of hydrogen-bond acceptors (Lipinski definition) is 4. The van der Waals surface area contributed by atoms with Crippen LogP contribution in [0.4, 0.5) is 13.2 Å². The van der Waals surface area contributed by atoms with E-state index in [0.29, 0.717) is 5.76 Å². The summed E-state index contributed by atoms with van der Waals surface area (Å²) in [6.45, 7) is -0.153. The molecule has 0 aliphatic carbocycles. The number of oxazole rings is 1. The molecule has 2 heterocycles. The second-order valence-corrected chi connectivity index (χ2v) is 5.06. The molecule has 0 spiro atoms. The van der Waals surface area contributed by atoms with Crippen molar-refractivity contribution in [1.82, 2.24) is 15.3 Å². The van der Waals surface area contributed by atoms with Crippen molar-refractivity contribution in [3.05, 3.63) is 72.0 Å². The van der Waals surface area contributed by atoms with E-state index >= 15 is 0 Å². The summed E-state index contributed by atoms with van der Waals surface area (Å²) in [6.07, 6.45) is -2.05. The molecule has 0 unspecified atom stereocenters. The van der Waals surface area contributed by atoms with Gasteiger partial charge in [0.25, 0.3) is 5.91 Å². The van der Waals surface area contributed by atoms with Crippen LogP contribution in [0.5, 0.6) is 0 Å². The minimum Gasteiger partial charge on any atom is -0.439 e. The number of aromatic nitrogens is 2. The van der Waals surface area contributed by atoms with Crippen LogP contribution in [0.25, 0.3) is 11.3 Å². The molecular weight excluding hydrogens is 335 g/mol. The van der Waals surface area contributed by atoms with Crippen molar-refractivity contribution in [3.8, 4) is 11.3 Å². The van der Waals surface area contributed by atoms with Crippen LogP contribution in [0.3, 0.4) is 0 Å². The van der Waals surface area contributed by atoms with E-state index in [1.54, 1.807) is 0 Å². The van der Waals surface area contributed by atoms with Gasteiger partial charge in [-0.15, -0.1) is 0 Å². The second kappa shape index (κ2) is 6.76. The summed E-state index contributed by atoms with van der Waals surface area (Å²) in [5.74, 6) is -0.275. The quantitative estimate of drug-likeness (QED) is 0.782. The van der Waals surface area contributed by atoms with Crippen LogP contribution in [0.1, 0.15) is 21.9 Å². The van der Waals surface area contributed by atoms with E-state index in [2.05, 4.69) is 15.3 Å². The van der Waals surface area contributed by atoms with Crippen LogP contribution in [-0.2, 0) is 12.7 Å². The van der Waals surface area contributed by atoms with Crippen LogP contribution in [0.2, 0.25) is 0 Å². The minimum atomic E-state index is -4.66. The topological polar surface area (TPSA) is 68.0 Å². The first-order chi connectivity index (χ1) is 11.9. The van der Waals surface area contributed by atoms with E-state index in [-0.39, 0.29) is 12.4 Å². The van der Waals surface area contributed by atoms with Gasteiger partial charge in [-0.3, -0.25) is 9.78 Å². The Labute approximate surface area is 140 Å². The van der Waals surface area contributed by atoms with Crippen LogP contribution >= 0.6 is 0 Å². The number of nitrogens with zero attached hydrogens (tertiary/aromatic N) is 2. The fourth-order valence-electron chi connectivity index (χ4n) is 2.18. The largest absolute Gasteiger partial charge is 0.439 e. The predicted octanol–water partition coefficient (Wildman–Crippen LogP) is 3.69. The van der Waals surface area contributed by atoms with Gasteiger partial charge in [0.1, 0.15) is 5.69 Å². The van der Waals surface area contributed by atoms with Gasteiger partial charge >= 0.3 is 6.18 Å². The summed E-state index contributed by atoms with van der Waals surface area (Å²) in [6, 6.07) is 11.1. The van der Waals surface area contributed by atoms with E-state index in [1.807, 2.05) is 30.3 Å². The van der Waals surface area contributed by atoms with Crippen molar-refractivity contribution in [2.24, 2.45) is 0 Å². The van der Waals surface area contributed by atoms with Gasteiger partial charge in [0.15, 0.2) is 5.76 Å². The Balaban J connectivity index is 1.71. The molecule has 3 aromatic rings. The molecule has 3 rings (SSSR count). The first kappa shape index (κ1) is 16.7. The molecule has 8 heteroatoms. The average molecular weight is 347 g/mol. The van der Waals surface area contributed by atoms with E-state index < -0.39 is 23.3 Å². The van der Waals surface area contributed by atoms with E-state index in [9.17, 15) is 18.0 Å². The van der Waals surface area contributed by atoms with Gasteiger partial charge in [-0.2, -0.15) is 13.2 Å². The normalized spacial score (nSPS) is 11.3. The van der Waals surface area contributed by atoms with Crippen LogP contribution < -0.4 is 5.32 Å². The smallest absolute Gasteiger partial charge is 0.418 e. The van der Waals surface area contributed by atoms with Crippen LogP contribution in [0, 0.1) is 0 Å². The molecule has 0 aliphatic heterocycles. The Morgan fingerprint density at radius 2 is 1.84 bits per heavy atom. The van der Waals surface area contributed by atoms with Gasteiger partial charge < -0.3 is 9.73 Å². The molecule has 0 fully saturated rings. The number of halogens is 3. The van der Waals surface area contributed by atoms with Crippen molar-refractivity contribution in [3.63, 3.8) is 0 Å². The number of alkyl halides is 3. The molecule has 0 bridgehead atoms. The highest BCUT2D eigenvalue weighted by molar-refractivity contribution is 5.93. The van der Waals surface area contributed by atoms with Gasteiger partial charge in [0.05, 0.1) is 18.3 Å². The molecule has 1 aromatic carbocycles. The zero-order valence-corrected chi connectivity index (χ0v) is 12.7. The monoisotopic (exact) mass is 347 g/mol.